The Morgan fingerprint density at radius 3 is 1.86 bits per heavy atom. The van der Waals surface area contributed by atoms with Gasteiger partial charge >= 0.3 is 0 Å². The SMILES string of the molecule is O=C1C(=C(O)/C=C/c2ccc(O)cc2)C(O)=C([C@H]2O[C@@H](CO)[C@H](O)[C@@H](O)[C@@H]2O)C(=O)[C@]1(O)[C@H]1O[C@@H](CO)[C@H](O)[C@@H](O)[C@@H]1O. The van der Waals surface area contributed by atoms with Crippen molar-refractivity contribution >= 4 is 17.6 Å². The van der Waals surface area contributed by atoms with Crippen molar-refractivity contribution < 1.29 is 80.3 Å². The lowest BCUT2D eigenvalue weighted by atomic mass is 9.69. The highest BCUT2D eigenvalue weighted by Crippen LogP contribution is 2.42. The van der Waals surface area contributed by atoms with Crippen molar-refractivity contribution in [3.05, 3.63) is 58.6 Å². The van der Waals surface area contributed by atoms with E-state index in [1.54, 1.807) is 0 Å². The van der Waals surface area contributed by atoms with Crippen LogP contribution in [0.1, 0.15) is 5.56 Å². The molecule has 1 aromatic carbocycles. The average molecular weight is 613 g/mol. The van der Waals surface area contributed by atoms with E-state index in [4.69, 9.17) is 9.47 Å². The van der Waals surface area contributed by atoms with Gasteiger partial charge in [0, 0.05) is 0 Å². The molecule has 2 heterocycles. The fraction of sp³-hybridized carbons (Fsp3) is 0.481. The Bertz CT molecular complexity index is 1320. The molecule has 2 saturated heterocycles. The molecule has 0 radical (unpaired) electrons. The monoisotopic (exact) mass is 612 g/mol. The zero-order valence-corrected chi connectivity index (χ0v) is 22.2. The summed E-state index contributed by atoms with van der Waals surface area (Å²) in [6.45, 7) is -1.99. The van der Waals surface area contributed by atoms with Crippen molar-refractivity contribution in [2.45, 2.75) is 66.6 Å². The molecule has 1 aromatic rings. The van der Waals surface area contributed by atoms with E-state index in [0.717, 1.165) is 6.08 Å². The Balaban J connectivity index is 1.92. The van der Waals surface area contributed by atoms with Gasteiger partial charge in [0.2, 0.25) is 17.2 Å². The maximum Gasteiger partial charge on any atom is 0.219 e. The number of hydrogen-bond acceptors (Lipinski definition) is 16. The van der Waals surface area contributed by atoms with Crippen LogP contribution in [0, 0.1) is 0 Å². The van der Waals surface area contributed by atoms with Gasteiger partial charge in [-0.2, -0.15) is 0 Å². The number of aliphatic hydroxyl groups excluding tert-OH is 10. The molecule has 16 nitrogen and oxygen atoms in total. The highest BCUT2D eigenvalue weighted by atomic mass is 16.6. The maximum absolute atomic E-state index is 13.9. The van der Waals surface area contributed by atoms with Gasteiger partial charge in [-0.1, -0.05) is 18.2 Å². The van der Waals surface area contributed by atoms with Crippen LogP contribution in [0.5, 0.6) is 5.75 Å². The minimum atomic E-state index is -3.63. The lowest BCUT2D eigenvalue weighted by Gasteiger charge is -2.48. The second-order valence-corrected chi connectivity index (χ2v) is 10.4. The van der Waals surface area contributed by atoms with Gasteiger partial charge in [0.1, 0.15) is 83.9 Å². The average Bonchev–Trinajstić information content (AvgIpc) is 2.98. The number of allylic oxidation sites excluding steroid dienone is 2. The third-order valence-electron chi connectivity index (χ3n) is 7.72. The largest absolute Gasteiger partial charge is 0.508 e. The van der Waals surface area contributed by atoms with Crippen LogP contribution in [0.4, 0.5) is 0 Å². The standard InChI is InChI=1S/C27H32O16/c28-7-12-16(32)19(35)21(37)23(42-12)15-18(34)14(11(31)6-3-9-1-4-10(30)5-2-9)24(39)27(41,25(15)40)26-22(38)20(36)17(33)13(8-29)43-26/h1-6,12-13,16-17,19-23,26,28-38,41H,7-8H2/b6-3+,14-11?/t12-,13-,16-,17-,19+,20+,21-,22-,23+,26-,27-/m0/s1. The zero-order chi connectivity index (χ0) is 32.0. The van der Waals surface area contributed by atoms with Gasteiger partial charge in [-0.15, -0.1) is 0 Å². The molecule has 12 N–H and O–H groups in total. The van der Waals surface area contributed by atoms with Crippen LogP contribution in [0.2, 0.25) is 0 Å². The Morgan fingerprint density at radius 1 is 0.767 bits per heavy atom. The van der Waals surface area contributed by atoms with E-state index in [2.05, 4.69) is 0 Å². The Hall–Kier alpha value is -3.26. The summed E-state index contributed by atoms with van der Waals surface area (Å²) < 4.78 is 10.6. The maximum atomic E-state index is 13.9. The Labute approximate surface area is 242 Å². The molecule has 11 atom stereocenters. The van der Waals surface area contributed by atoms with Crippen molar-refractivity contribution in [2.24, 2.45) is 0 Å². The number of ketones is 2. The summed E-state index contributed by atoms with van der Waals surface area (Å²) >= 11 is 0. The summed E-state index contributed by atoms with van der Waals surface area (Å²) in [4.78, 5) is 27.6. The molecule has 0 saturated carbocycles. The molecular weight excluding hydrogens is 580 g/mol. The first kappa shape index (κ1) is 32.6. The van der Waals surface area contributed by atoms with Crippen molar-refractivity contribution in [2.75, 3.05) is 13.2 Å². The number of phenols is 1. The van der Waals surface area contributed by atoms with E-state index in [1.165, 1.54) is 30.3 Å². The molecular formula is C27H32O16. The highest BCUT2D eigenvalue weighted by Gasteiger charge is 2.65. The quantitative estimate of drug-likeness (QED) is 0.0820. The van der Waals surface area contributed by atoms with E-state index < -0.39 is 114 Å². The fourth-order valence-corrected chi connectivity index (χ4v) is 5.24. The summed E-state index contributed by atoms with van der Waals surface area (Å²) in [5.41, 5.74) is -5.62. The number of carbonyl (C=O) groups excluding carboxylic acids is 2. The molecule has 0 amide bonds. The van der Waals surface area contributed by atoms with Crippen LogP contribution in [0.15, 0.2) is 53.0 Å². The summed E-state index contributed by atoms with van der Waals surface area (Å²) in [7, 11) is 0. The molecule has 1 aliphatic carbocycles. The summed E-state index contributed by atoms with van der Waals surface area (Å²) in [6.07, 6.45) is -18.7. The number of hydrogen-bond donors (Lipinski definition) is 12. The summed E-state index contributed by atoms with van der Waals surface area (Å²) in [6, 6.07) is 5.38. The first-order valence-electron chi connectivity index (χ1n) is 13.0. The first-order valence-corrected chi connectivity index (χ1v) is 13.0. The lowest BCUT2D eigenvalue weighted by molar-refractivity contribution is -0.261. The van der Waals surface area contributed by atoms with Crippen LogP contribution in [0.3, 0.4) is 0 Å². The normalized spacial score (nSPS) is 40.3. The van der Waals surface area contributed by atoms with Gasteiger partial charge in [-0.25, -0.2) is 0 Å². The third-order valence-corrected chi connectivity index (χ3v) is 7.72. The van der Waals surface area contributed by atoms with E-state index in [0.29, 0.717) is 5.56 Å². The van der Waals surface area contributed by atoms with E-state index in [1.807, 2.05) is 0 Å². The molecule has 2 aliphatic heterocycles. The lowest BCUT2D eigenvalue weighted by Crippen LogP contribution is -2.72. The number of rotatable bonds is 6. The molecule has 0 bridgehead atoms. The highest BCUT2D eigenvalue weighted by molar-refractivity contribution is 6.28. The zero-order valence-electron chi connectivity index (χ0n) is 22.2. The number of aromatic hydroxyl groups is 1. The van der Waals surface area contributed by atoms with Crippen LogP contribution in [-0.2, 0) is 19.1 Å². The second-order valence-electron chi connectivity index (χ2n) is 10.4. The van der Waals surface area contributed by atoms with Crippen LogP contribution >= 0.6 is 0 Å². The van der Waals surface area contributed by atoms with Crippen molar-refractivity contribution in [3.8, 4) is 5.75 Å². The van der Waals surface area contributed by atoms with Crippen molar-refractivity contribution in [1.82, 2.24) is 0 Å². The molecule has 236 valence electrons. The molecule has 3 aliphatic rings. The smallest absolute Gasteiger partial charge is 0.219 e. The number of Topliss-reactive ketones (excluding diaryl/α,β-unsaturated/α-hetero) is 2. The van der Waals surface area contributed by atoms with Crippen molar-refractivity contribution in [3.63, 3.8) is 0 Å². The second kappa shape index (κ2) is 12.4. The van der Waals surface area contributed by atoms with Crippen LogP contribution < -0.4 is 0 Å². The Kier molecular flexibility index (Phi) is 9.41. The number of carbonyl (C=O) groups is 2. The summed E-state index contributed by atoms with van der Waals surface area (Å²) in [5.74, 6) is -6.12. The number of phenolic OH excluding ortho intramolecular Hbond substituents is 1. The predicted octanol–water partition coefficient (Wildman–Crippen LogP) is -4.40. The molecule has 16 heteroatoms. The van der Waals surface area contributed by atoms with Gasteiger partial charge in [-0.05, 0) is 23.8 Å². The van der Waals surface area contributed by atoms with Gasteiger partial charge < -0.3 is 70.8 Å². The van der Waals surface area contributed by atoms with Crippen LogP contribution in [0.25, 0.3) is 6.08 Å². The molecule has 0 aromatic heterocycles. The fourth-order valence-electron chi connectivity index (χ4n) is 5.24. The van der Waals surface area contributed by atoms with Crippen molar-refractivity contribution in [1.29, 1.82) is 0 Å². The predicted molar refractivity (Wildman–Crippen MR) is 139 cm³/mol. The van der Waals surface area contributed by atoms with Crippen LogP contribution in [-0.4, -0.2) is 153 Å². The topological polar surface area (TPSA) is 295 Å². The van der Waals surface area contributed by atoms with E-state index in [9.17, 15) is 70.9 Å². The number of benzene rings is 1. The molecule has 43 heavy (non-hydrogen) atoms. The molecule has 2 fully saturated rings. The van der Waals surface area contributed by atoms with Gasteiger partial charge in [-0.3, -0.25) is 9.59 Å². The molecule has 0 spiro atoms. The minimum absolute atomic E-state index is 0.0879. The Morgan fingerprint density at radius 2 is 1.30 bits per heavy atom. The third kappa shape index (κ3) is 5.47. The molecule has 0 unspecified atom stereocenters. The number of ether oxygens (including phenoxy) is 2. The summed E-state index contributed by atoms with van der Waals surface area (Å²) in [5, 5.41) is 125. The first-order chi connectivity index (χ1) is 20.2. The van der Waals surface area contributed by atoms with E-state index in [-0.39, 0.29) is 5.75 Å². The van der Waals surface area contributed by atoms with Gasteiger partial charge in [0.25, 0.3) is 0 Å². The minimum Gasteiger partial charge on any atom is -0.508 e. The molecule has 4 rings (SSSR count). The van der Waals surface area contributed by atoms with Gasteiger partial charge in [0.05, 0.1) is 18.8 Å². The van der Waals surface area contributed by atoms with Gasteiger partial charge in [0.15, 0.2) is 0 Å². The number of aliphatic hydroxyl groups is 11. The van der Waals surface area contributed by atoms with E-state index >= 15 is 0 Å².